The zero-order valence-electron chi connectivity index (χ0n) is 11.0. The average Bonchev–Trinajstić information content (AvgIpc) is 2.43. The minimum atomic E-state index is -3.51. The van der Waals surface area contributed by atoms with E-state index in [4.69, 9.17) is 11.6 Å². The Hall–Kier alpha value is -0.210. The molecule has 1 saturated heterocycles. The van der Waals surface area contributed by atoms with Crippen molar-refractivity contribution in [1.82, 2.24) is 9.71 Å². The third-order valence-electron chi connectivity index (χ3n) is 3.41. The second-order valence-corrected chi connectivity index (χ2v) is 7.88. The maximum Gasteiger partial charge on any atom is 0.242 e. The Morgan fingerprint density at radius 1 is 1.35 bits per heavy atom. The van der Waals surface area contributed by atoms with E-state index in [1.54, 1.807) is 0 Å². The van der Waals surface area contributed by atoms with Crippen LogP contribution in [0.4, 0.5) is 0 Å². The summed E-state index contributed by atoms with van der Waals surface area (Å²) in [5, 5.41) is 0.252. The van der Waals surface area contributed by atoms with Gasteiger partial charge in [-0.1, -0.05) is 11.6 Å². The number of rotatable bonds is 5. The van der Waals surface area contributed by atoms with E-state index in [2.05, 4.69) is 25.6 Å². The largest absolute Gasteiger partial charge is 0.334 e. The van der Waals surface area contributed by atoms with Crippen LogP contribution in [0.3, 0.4) is 0 Å². The van der Waals surface area contributed by atoms with Gasteiger partial charge in [0.25, 0.3) is 0 Å². The third kappa shape index (κ3) is 4.39. The standard InChI is InChI=1S/C12H17BrClN3O2S/c13-11-8-10(9-15-12(11)14)20(18,19)16-4-7-17-5-2-1-3-6-17/h8-9,16H,1-7H2/p+1. The number of nitrogens with one attached hydrogen (secondary N) is 2. The van der Waals surface area contributed by atoms with E-state index in [1.807, 2.05) is 0 Å². The van der Waals surface area contributed by atoms with Crippen LogP contribution in [0.2, 0.25) is 5.15 Å². The first-order chi connectivity index (χ1) is 9.49. The van der Waals surface area contributed by atoms with Crippen LogP contribution in [0.25, 0.3) is 0 Å². The fourth-order valence-electron chi connectivity index (χ4n) is 2.30. The summed E-state index contributed by atoms with van der Waals surface area (Å²) in [5.74, 6) is 0. The zero-order valence-corrected chi connectivity index (χ0v) is 14.2. The molecular weight excluding hydrogens is 366 g/mol. The number of hydrogen-bond acceptors (Lipinski definition) is 3. The number of quaternary nitrogens is 1. The first kappa shape index (κ1) is 16.2. The molecule has 1 aliphatic heterocycles. The summed E-state index contributed by atoms with van der Waals surface area (Å²) in [4.78, 5) is 5.43. The van der Waals surface area contributed by atoms with Crippen molar-refractivity contribution in [2.24, 2.45) is 0 Å². The number of piperidine rings is 1. The third-order valence-corrected chi connectivity index (χ3v) is 5.97. The first-order valence-electron chi connectivity index (χ1n) is 6.63. The van der Waals surface area contributed by atoms with Crippen LogP contribution in [-0.4, -0.2) is 39.6 Å². The molecule has 2 heterocycles. The molecule has 1 fully saturated rings. The Bertz CT molecular complexity index is 562. The van der Waals surface area contributed by atoms with E-state index in [0.29, 0.717) is 11.0 Å². The summed E-state index contributed by atoms with van der Waals surface area (Å²) >= 11 is 8.94. The molecule has 1 aromatic rings. The van der Waals surface area contributed by atoms with Crippen molar-refractivity contribution >= 4 is 37.6 Å². The highest BCUT2D eigenvalue weighted by atomic mass is 79.9. The molecule has 0 radical (unpaired) electrons. The predicted octanol–water partition coefficient (Wildman–Crippen LogP) is 0.845. The topological polar surface area (TPSA) is 63.5 Å². The van der Waals surface area contributed by atoms with Crippen molar-refractivity contribution in [2.75, 3.05) is 26.2 Å². The molecular formula is C12H18BrClN3O2S+. The number of aromatic nitrogens is 1. The van der Waals surface area contributed by atoms with Crippen molar-refractivity contribution in [3.8, 4) is 0 Å². The maximum absolute atomic E-state index is 12.1. The van der Waals surface area contributed by atoms with E-state index >= 15 is 0 Å². The highest BCUT2D eigenvalue weighted by Gasteiger charge is 2.18. The van der Waals surface area contributed by atoms with E-state index in [1.165, 1.54) is 36.4 Å². The van der Waals surface area contributed by atoms with Crippen LogP contribution in [0.5, 0.6) is 0 Å². The molecule has 0 spiro atoms. The number of sulfonamides is 1. The van der Waals surface area contributed by atoms with Crippen LogP contribution < -0.4 is 9.62 Å². The van der Waals surface area contributed by atoms with Crippen LogP contribution in [0.15, 0.2) is 21.6 Å². The summed E-state index contributed by atoms with van der Waals surface area (Å²) in [6.07, 6.45) is 5.02. The second kappa shape index (κ2) is 7.17. The van der Waals surface area contributed by atoms with Gasteiger partial charge in [0.1, 0.15) is 10.0 Å². The van der Waals surface area contributed by atoms with Gasteiger partial charge in [0, 0.05) is 6.20 Å². The number of pyridine rings is 1. The Morgan fingerprint density at radius 2 is 2.05 bits per heavy atom. The Morgan fingerprint density at radius 3 is 2.70 bits per heavy atom. The lowest BCUT2D eigenvalue weighted by Gasteiger charge is -2.23. The van der Waals surface area contributed by atoms with Crippen LogP contribution >= 0.6 is 27.5 Å². The van der Waals surface area contributed by atoms with Crippen molar-refractivity contribution in [2.45, 2.75) is 24.2 Å². The predicted molar refractivity (Wildman–Crippen MR) is 81.6 cm³/mol. The molecule has 0 amide bonds. The molecule has 5 nitrogen and oxygen atoms in total. The van der Waals surface area contributed by atoms with Gasteiger partial charge in [-0.05, 0) is 41.3 Å². The van der Waals surface area contributed by atoms with Crippen molar-refractivity contribution in [3.05, 3.63) is 21.9 Å². The fourth-order valence-corrected chi connectivity index (χ4v) is 3.90. The normalized spacial score (nSPS) is 17.3. The highest BCUT2D eigenvalue weighted by molar-refractivity contribution is 9.10. The summed E-state index contributed by atoms with van der Waals surface area (Å²) in [6, 6.07) is 1.46. The second-order valence-electron chi connectivity index (χ2n) is 4.90. The molecule has 0 aliphatic carbocycles. The number of likely N-dealkylation sites (tertiary alicyclic amines) is 1. The van der Waals surface area contributed by atoms with Gasteiger partial charge < -0.3 is 4.90 Å². The Labute approximate surface area is 132 Å². The summed E-state index contributed by atoms with van der Waals surface area (Å²) < 4.78 is 27.3. The number of halogens is 2. The molecule has 2 N–H and O–H groups in total. The molecule has 1 aromatic heterocycles. The van der Waals surface area contributed by atoms with Gasteiger partial charge in [-0.15, -0.1) is 0 Å². The molecule has 0 bridgehead atoms. The monoisotopic (exact) mass is 382 g/mol. The summed E-state index contributed by atoms with van der Waals surface area (Å²) in [6.45, 7) is 3.53. The maximum atomic E-state index is 12.1. The fraction of sp³-hybridized carbons (Fsp3) is 0.583. The van der Waals surface area contributed by atoms with Crippen LogP contribution in [-0.2, 0) is 10.0 Å². The SMILES string of the molecule is O=S(=O)(NCC[NH+]1CCCCC1)c1cnc(Cl)c(Br)c1. The van der Waals surface area contributed by atoms with E-state index in [-0.39, 0.29) is 10.0 Å². The molecule has 8 heteroatoms. The molecule has 0 aromatic carbocycles. The smallest absolute Gasteiger partial charge is 0.242 e. The Kier molecular flexibility index (Phi) is 5.80. The van der Waals surface area contributed by atoms with Crippen molar-refractivity contribution in [3.63, 3.8) is 0 Å². The Balaban J connectivity index is 1.91. The van der Waals surface area contributed by atoms with Gasteiger partial charge in [-0.25, -0.2) is 18.1 Å². The highest BCUT2D eigenvalue weighted by Crippen LogP contribution is 2.22. The summed E-state index contributed by atoms with van der Waals surface area (Å²) in [7, 11) is -3.51. The van der Waals surface area contributed by atoms with Gasteiger partial charge in [0.05, 0.1) is 30.7 Å². The number of nitrogens with zero attached hydrogens (tertiary/aromatic N) is 1. The minimum absolute atomic E-state index is 0.127. The zero-order chi connectivity index (χ0) is 14.6. The van der Waals surface area contributed by atoms with Crippen LogP contribution in [0, 0.1) is 0 Å². The van der Waals surface area contributed by atoms with Crippen LogP contribution in [0.1, 0.15) is 19.3 Å². The van der Waals surface area contributed by atoms with E-state index in [0.717, 1.165) is 19.6 Å². The molecule has 0 saturated carbocycles. The van der Waals surface area contributed by atoms with Crippen molar-refractivity contribution < 1.29 is 13.3 Å². The van der Waals surface area contributed by atoms with Gasteiger partial charge in [-0.2, -0.15) is 0 Å². The van der Waals surface area contributed by atoms with E-state index < -0.39 is 10.0 Å². The molecule has 0 atom stereocenters. The average molecular weight is 384 g/mol. The minimum Gasteiger partial charge on any atom is -0.334 e. The lowest BCUT2D eigenvalue weighted by molar-refractivity contribution is -0.903. The van der Waals surface area contributed by atoms with Gasteiger partial charge in [0.2, 0.25) is 10.0 Å². The molecule has 2 rings (SSSR count). The first-order valence-corrected chi connectivity index (χ1v) is 9.29. The molecule has 0 unspecified atom stereocenters. The van der Waals surface area contributed by atoms with Gasteiger partial charge >= 0.3 is 0 Å². The quantitative estimate of drug-likeness (QED) is 0.741. The van der Waals surface area contributed by atoms with E-state index in [9.17, 15) is 8.42 Å². The lowest BCUT2D eigenvalue weighted by atomic mass is 10.1. The summed E-state index contributed by atoms with van der Waals surface area (Å²) in [5.41, 5.74) is 0. The molecule has 20 heavy (non-hydrogen) atoms. The van der Waals surface area contributed by atoms with Gasteiger partial charge in [-0.3, -0.25) is 0 Å². The van der Waals surface area contributed by atoms with Crippen molar-refractivity contribution in [1.29, 1.82) is 0 Å². The van der Waals surface area contributed by atoms with Gasteiger partial charge in [0.15, 0.2) is 0 Å². The number of hydrogen-bond donors (Lipinski definition) is 2. The lowest BCUT2D eigenvalue weighted by Crippen LogP contribution is -3.13. The molecule has 112 valence electrons. The molecule has 1 aliphatic rings.